The van der Waals surface area contributed by atoms with Crippen LogP contribution in [0.2, 0.25) is 0 Å². The van der Waals surface area contributed by atoms with Gasteiger partial charge in [0.1, 0.15) is 4.88 Å². The minimum Gasteiger partial charge on any atom is -0.393 e. The molecule has 4 nitrogen and oxygen atoms in total. The first-order chi connectivity index (χ1) is 6.61. The molecule has 0 aliphatic heterocycles. The molecule has 0 saturated heterocycles. The summed E-state index contributed by atoms with van der Waals surface area (Å²) in [6, 6.07) is 0. The number of hydrogen-bond acceptors (Lipinski definition) is 4. The maximum Gasteiger partial charge on any atom is 0.263 e. The summed E-state index contributed by atoms with van der Waals surface area (Å²) in [6.07, 6.45) is 0.527. The first-order valence-corrected chi connectivity index (χ1v) is 5.36. The fourth-order valence-electron chi connectivity index (χ4n) is 0.899. The summed E-state index contributed by atoms with van der Waals surface area (Å²) in [4.78, 5) is 16.5. The van der Waals surface area contributed by atoms with Crippen molar-refractivity contribution in [3.05, 3.63) is 16.1 Å². The molecule has 0 aromatic carbocycles. The Labute approximate surface area is 91.5 Å². The second-order valence-corrected chi connectivity index (χ2v) is 4.12. The zero-order valence-corrected chi connectivity index (χ0v) is 9.37. The summed E-state index contributed by atoms with van der Waals surface area (Å²) in [7, 11) is 0. The Morgan fingerprint density at radius 3 is 3.00 bits per heavy atom. The van der Waals surface area contributed by atoms with Crippen molar-refractivity contribution in [3.8, 4) is 0 Å². The van der Waals surface area contributed by atoms with Crippen molar-refractivity contribution in [1.29, 1.82) is 0 Å². The normalized spacial score (nSPS) is 9.79. The molecular formula is C8H11N3OS2. The van der Waals surface area contributed by atoms with Crippen LogP contribution in [0.5, 0.6) is 0 Å². The van der Waals surface area contributed by atoms with Crippen molar-refractivity contribution in [2.45, 2.75) is 13.3 Å². The Morgan fingerprint density at radius 2 is 2.50 bits per heavy atom. The Hall–Kier alpha value is -1.01. The third-order valence-corrected chi connectivity index (χ3v) is 2.74. The van der Waals surface area contributed by atoms with Crippen LogP contribution in [0, 0.1) is 6.92 Å². The minimum absolute atomic E-state index is 0.110. The number of amides is 1. The van der Waals surface area contributed by atoms with E-state index in [-0.39, 0.29) is 5.91 Å². The van der Waals surface area contributed by atoms with Crippen LogP contribution in [0.4, 0.5) is 0 Å². The molecule has 1 aromatic heterocycles. The van der Waals surface area contributed by atoms with E-state index in [0.717, 1.165) is 5.69 Å². The summed E-state index contributed by atoms with van der Waals surface area (Å²) in [5.74, 6) is -0.110. The molecular weight excluding hydrogens is 218 g/mol. The zero-order chi connectivity index (χ0) is 10.6. The van der Waals surface area contributed by atoms with Crippen molar-refractivity contribution in [1.82, 2.24) is 10.3 Å². The highest BCUT2D eigenvalue weighted by Crippen LogP contribution is 2.11. The van der Waals surface area contributed by atoms with Gasteiger partial charge in [-0.25, -0.2) is 4.98 Å². The van der Waals surface area contributed by atoms with Crippen LogP contribution >= 0.6 is 23.6 Å². The van der Waals surface area contributed by atoms with Crippen LogP contribution < -0.4 is 11.1 Å². The van der Waals surface area contributed by atoms with E-state index in [2.05, 4.69) is 10.3 Å². The van der Waals surface area contributed by atoms with E-state index in [1.54, 1.807) is 12.4 Å². The molecule has 0 atom stereocenters. The largest absolute Gasteiger partial charge is 0.393 e. The minimum atomic E-state index is -0.110. The molecule has 1 amide bonds. The smallest absolute Gasteiger partial charge is 0.263 e. The van der Waals surface area contributed by atoms with Gasteiger partial charge >= 0.3 is 0 Å². The predicted molar refractivity (Wildman–Crippen MR) is 60.6 cm³/mol. The van der Waals surface area contributed by atoms with Crippen LogP contribution in [0.3, 0.4) is 0 Å². The van der Waals surface area contributed by atoms with Gasteiger partial charge in [0.05, 0.1) is 16.2 Å². The standard InChI is InChI=1S/C8H11N3OS2/c1-5-7(14-4-11-5)8(12)10-3-2-6(9)13/h4H,2-3H2,1H3,(H2,9,13)(H,10,12). The molecule has 3 N–H and O–H groups in total. The van der Waals surface area contributed by atoms with Gasteiger partial charge in [-0.15, -0.1) is 11.3 Å². The lowest BCUT2D eigenvalue weighted by Gasteiger charge is -2.02. The maximum absolute atomic E-state index is 11.5. The SMILES string of the molecule is Cc1ncsc1C(=O)NCCC(N)=S. The predicted octanol–water partition coefficient (Wildman–Crippen LogP) is 0.858. The third kappa shape index (κ3) is 3.04. The number of aromatic nitrogens is 1. The van der Waals surface area contributed by atoms with E-state index in [0.29, 0.717) is 22.8 Å². The van der Waals surface area contributed by atoms with Crippen molar-refractivity contribution in [3.63, 3.8) is 0 Å². The molecule has 0 bridgehead atoms. The van der Waals surface area contributed by atoms with Gasteiger partial charge in [0.2, 0.25) is 0 Å². The van der Waals surface area contributed by atoms with Crippen LogP contribution in [0.1, 0.15) is 21.8 Å². The molecule has 0 aliphatic rings. The molecule has 0 saturated carbocycles. The molecule has 0 spiro atoms. The first kappa shape index (κ1) is 11.1. The van der Waals surface area contributed by atoms with Gasteiger partial charge < -0.3 is 11.1 Å². The number of nitrogens with zero attached hydrogens (tertiary/aromatic N) is 1. The van der Waals surface area contributed by atoms with Gasteiger partial charge in [-0.2, -0.15) is 0 Å². The average molecular weight is 229 g/mol. The van der Waals surface area contributed by atoms with Gasteiger partial charge in [-0.1, -0.05) is 12.2 Å². The van der Waals surface area contributed by atoms with Crippen LogP contribution in [0.15, 0.2) is 5.51 Å². The quantitative estimate of drug-likeness (QED) is 0.751. The molecule has 0 aliphatic carbocycles. The van der Waals surface area contributed by atoms with Crippen LogP contribution in [0.25, 0.3) is 0 Å². The lowest BCUT2D eigenvalue weighted by molar-refractivity contribution is 0.0958. The van der Waals surface area contributed by atoms with Gasteiger partial charge in [0, 0.05) is 13.0 Å². The number of aryl methyl sites for hydroxylation is 1. The number of thiocarbonyl (C=S) groups is 1. The number of rotatable bonds is 4. The molecule has 14 heavy (non-hydrogen) atoms. The van der Waals surface area contributed by atoms with Crippen LogP contribution in [-0.2, 0) is 0 Å². The van der Waals surface area contributed by atoms with E-state index < -0.39 is 0 Å². The number of thiazole rings is 1. The zero-order valence-electron chi connectivity index (χ0n) is 7.74. The fraction of sp³-hybridized carbons (Fsp3) is 0.375. The Bertz CT molecular complexity index is 348. The van der Waals surface area contributed by atoms with Gasteiger partial charge in [0.15, 0.2) is 0 Å². The summed E-state index contributed by atoms with van der Waals surface area (Å²) >= 11 is 6.02. The summed E-state index contributed by atoms with van der Waals surface area (Å²) < 4.78 is 0. The second kappa shape index (κ2) is 5.02. The number of hydrogen-bond donors (Lipinski definition) is 2. The molecule has 76 valence electrons. The van der Waals surface area contributed by atoms with E-state index in [1.165, 1.54) is 11.3 Å². The second-order valence-electron chi connectivity index (χ2n) is 2.74. The topological polar surface area (TPSA) is 68.0 Å². The third-order valence-electron chi connectivity index (χ3n) is 1.61. The maximum atomic E-state index is 11.5. The van der Waals surface area contributed by atoms with Crippen molar-refractivity contribution >= 4 is 34.5 Å². The summed E-state index contributed by atoms with van der Waals surface area (Å²) in [5.41, 5.74) is 7.70. The molecule has 1 aromatic rings. The highest BCUT2D eigenvalue weighted by Gasteiger charge is 2.10. The van der Waals surface area contributed by atoms with E-state index in [4.69, 9.17) is 18.0 Å². The molecule has 0 fully saturated rings. The molecule has 1 rings (SSSR count). The van der Waals surface area contributed by atoms with Gasteiger partial charge in [-0.05, 0) is 6.92 Å². The first-order valence-electron chi connectivity index (χ1n) is 4.08. The van der Waals surface area contributed by atoms with Gasteiger partial charge in [-0.3, -0.25) is 4.79 Å². The van der Waals surface area contributed by atoms with E-state index in [9.17, 15) is 4.79 Å². The number of nitrogens with one attached hydrogen (secondary N) is 1. The van der Waals surface area contributed by atoms with Crippen molar-refractivity contribution < 1.29 is 4.79 Å². The van der Waals surface area contributed by atoms with E-state index in [1.807, 2.05) is 0 Å². The Morgan fingerprint density at radius 1 is 1.79 bits per heavy atom. The number of nitrogens with two attached hydrogens (primary N) is 1. The molecule has 1 heterocycles. The lowest BCUT2D eigenvalue weighted by Crippen LogP contribution is -2.27. The Kier molecular flexibility index (Phi) is 3.97. The van der Waals surface area contributed by atoms with Gasteiger partial charge in [0.25, 0.3) is 5.91 Å². The fourth-order valence-corrected chi connectivity index (χ4v) is 1.72. The Balaban J connectivity index is 2.44. The van der Waals surface area contributed by atoms with Crippen LogP contribution in [-0.4, -0.2) is 22.4 Å². The molecule has 0 unspecified atom stereocenters. The summed E-state index contributed by atoms with van der Waals surface area (Å²) in [6.45, 7) is 2.28. The lowest BCUT2D eigenvalue weighted by atomic mass is 10.3. The van der Waals surface area contributed by atoms with Crippen molar-refractivity contribution in [2.75, 3.05) is 6.54 Å². The average Bonchev–Trinajstić information content (AvgIpc) is 2.50. The van der Waals surface area contributed by atoms with Crippen molar-refractivity contribution in [2.24, 2.45) is 5.73 Å². The highest BCUT2D eigenvalue weighted by molar-refractivity contribution is 7.80. The monoisotopic (exact) mass is 229 g/mol. The highest BCUT2D eigenvalue weighted by atomic mass is 32.1. The number of carbonyl (C=O) groups is 1. The molecule has 6 heteroatoms. The molecule has 0 radical (unpaired) electrons. The van der Waals surface area contributed by atoms with E-state index >= 15 is 0 Å². The number of carbonyl (C=O) groups excluding carboxylic acids is 1. The summed E-state index contributed by atoms with van der Waals surface area (Å²) in [5, 5.41) is 2.72.